The third-order valence-corrected chi connectivity index (χ3v) is 3.58. The van der Waals surface area contributed by atoms with Gasteiger partial charge in [0.15, 0.2) is 0 Å². The first-order valence-electron chi connectivity index (χ1n) is 5.95. The minimum absolute atomic E-state index is 0.0231. The standard InChI is InChI=1S/C14H9Cl2F4N/c1-2-7-3-9(12(17)5-10(7)15)13-11(16)4-8(6-21-13)14(18,19)20/h3-6H,2H2,1H3. The molecule has 0 N–H and O–H groups in total. The van der Waals surface area contributed by atoms with Gasteiger partial charge in [-0.1, -0.05) is 30.1 Å². The van der Waals surface area contributed by atoms with Gasteiger partial charge in [-0.25, -0.2) is 4.39 Å². The van der Waals surface area contributed by atoms with Crippen LogP contribution in [-0.4, -0.2) is 4.98 Å². The van der Waals surface area contributed by atoms with Crippen LogP contribution in [0.15, 0.2) is 24.4 Å². The maximum atomic E-state index is 14.0. The average molecular weight is 338 g/mol. The van der Waals surface area contributed by atoms with Gasteiger partial charge < -0.3 is 0 Å². The largest absolute Gasteiger partial charge is 0.417 e. The first kappa shape index (κ1) is 16.0. The normalized spacial score (nSPS) is 11.8. The molecule has 1 aromatic heterocycles. The first-order valence-corrected chi connectivity index (χ1v) is 6.70. The minimum atomic E-state index is -4.55. The van der Waals surface area contributed by atoms with Crippen LogP contribution in [0.4, 0.5) is 17.6 Å². The average Bonchev–Trinajstić information content (AvgIpc) is 2.38. The SMILES string of the molecule is CCc1cc(-c2ncc(C(F)(F)F)cc2Cl)c(F)cc1Cl. The maximum absolute atomic E-state index is 14.0. The Bertz CT molecular complexity index is 683. The fourth-order valence-corrected chi connectivity index (χ4v) is 2.39. The summed E-state index contributed by atoms with van der Waals surface area (Å²) in [6, 6.07) is 3.27. The molecule has 7 heteroatoms. The summed E-state index contributed by atoms with van der Waals surface area (Å²) in [5.74, 6) is -0.689. The molecule has 0 fully saturated rings. The van der Waals surface area contributed by atoms with Crippen LogP contribution < -0.4 is 0 Å². The Labute approximate surface area is 128 Å². The van der Waals surface area contributed by atoms with Crippen LogP contribution in [0.1, 0.15) is 18.1 Å². The molecule has 0 atom stereocenters. The number of aromatic nitrogens is 1. The van der Waals surface area contributed by atoms with Gasteiger partial charge in [0.1, 0.15) is 5.82 Å². The van der Waals surface area contributed by atoms with Crippen molar-refractivity contribution in [3.05, 3.63) is 51.4 Å². The van der Waals surface area contributed by atoms with Gasteiger partial charge in [0.05, 0.1) is 16.3 Å². The number of alkyl halides is 3. The molecule has 0 aliphatic rings. The van der Waals surface area contributed by atoms with Gasteiger partial charge in [-0.2, -0.15) is 13.2 Å². The first-order chi connectivity index (χ1) is 9.74. The van der Waals surface area contributed by atoms with E-state index in [1.54, 1.807) is 0 Å². The maximum Gasteiger partial charge on any atom is 0.417 e. The lowest BCUT2D eigenvalue weighted by Crippen LogP contribution is -2.06. The molecule has 2 rings (SSSR count). The van der Waals surface area contributed by atoms with Gasteiger partial charge in [-0.15, -0.1) is 0 Å². The molecule has 0 amide bonds. The van der Waals surface area contributed by atoms with Gasteiger partial charge in [-0.3, -0.25) is 4.98 Å². The Morgan fingerprint density at radius 2 is 1.76 bits per heavy atom. The van der Waals surface area contributed by atoms with Crippen LogP contribution in [0.25, 0.3) is 11.3 Å². The molecule has 1 aromatic carbocycles. The van der Waals surface area contributed by atoms with Crippen molar-refractivity contribution in [3.63, 3.8) is 0 Å². The van der Waals surface area contributed by atoms with Crippen LogP contribution in [-0.2, 0) is 12.6 Å². The van der Waals surface area contributed by atoms with Crippen molar-refractivity contribution in [3.8, 4) is 11.3 Å². The lowest BCUT2D eigenvalue weighted by molar-refractivity contribution is -0.137. The van der Waals surface area contributed by atoms with Crippen molar-refractivity contribution in [2.45, 2.75) is 19.5 Å². The molecular weight excluding hydrogens is 329 g/mol. The van der Waals surface area contributed by atoms with E-state index in [1.807, 2.05) is 6.92 Å². The molecule has 0 aliphatic heterocycles. The van der Waals surface area contributed by atoms with E-state index in [4.69, 9.17) is 23.2 Å². The Morgan fingerprint density at radius 1 is 1.10 bits per heavy atom. The van der Waals surface area contributed by atoms with E-state index in [9.17, 15) is 17.6 Å². The summed E-state index contributed by atoms with van der Waals surface area (Å²) in [4.78, 5) is 3.65. The fourth-order valence-electron chi connectivity index (χ4n) is 1.84. The lowest BCUT2D eigenvalue weighted by atomic mass is 10.0. The minimum Gasteiger partial charge on any atom is -0.254 e. The van der Waals surface area contributed by atoms with Crippen LogP contribution in [0, 0.1) is 5.82 Å². The molecule has 1 heterocycles. The molecule has 0 aliphatic carbocycles. The highest BCUT2D eigenvalue weighted by Crippen LogP contribution is 2.36. The van der Waals surface area contributed by atoms with Crippen LogP contribution in [0.3, 0.4) is 0 Å². The predicted molar refractivity (Wildman–Crippen MR) is 74.0 cm³/mol. The fraction of sp³-hybridized carbons (Fsp3) is 0.214. The van der Waals surface area contributed by atoms with Crippen LogP contribution in [0.2, 0.25) is 10.0 Å². The number of hydrogen-bond acceptors (Lipinski definition) is 1. The monoisotopic (exact) mass is 337 g/mol. The molecule has 1 nitrogen and oxygen atoms in total. The smallest absolute Gasteiger partial charge is 0.254 e. The Morgan fingerprint density at radius 3 is 2.29 bits per heavy atom. The van der Waals surface area contributed by atoms with Gasteiger partial charge in [0.25, 0.3) is 0 Å². The van der Waals surface area contributed by atoms with Gasteiger partial charge in [0.2, 0.25) is 0 Å². The van der Waals surface area contributed by atoms with E-state index < -0.39 is 17.6 Å². The Hall–Kier alpha value is -1.33. The molecule has 0 bridgehead atoms. The second kappa shape index (κ2) is 5.81. The van der Waals surface area contributed by atoms with E-state index in [2.05, 4.69) is 4.98 Å². The highest BCUT2D eigenvalue weighted by Gasteiger charge is 2.31. The van der Waals surface area contributed by atoms with Crippen LogP contribution >= 0.6 is 23.2 Å². The summed E-state index contributed by atoms with van der Waals surface area (Å²) >= 11 is 11.7. The quantitative estimate of drug-likeness (QED) is 0.633. The van der Waals surface area contributed by atoms with Crippen molar-refractivity contribution in [2.75, 3.05) is 0 Å². The summed E-state index contributed by atoms with van der Waals surface area (Å²) in [5.41, 5.74) is -0.351. The van der Waals surface area contributed by atoms with Crippen molar-refractivity contribution < 1.29 is 17.6 Å². The van der Waals surface area contributed by atoms with E-state index in [1.165, 1.54) is 6.07 Å². The zero-order valence-electron chi connectivity index (χ0n) is 10.7. The van der Waals surface area contributed by atoms with E-state index in [-0.39, 0.29) is 21.3 Å². The summed E-state index contributed by atoms with van der Waals surface area (Å²) in [7, 11) is 0. The van der Waals surface area contributed by atoms with Crippen molar-refractivity contribution in [2.24, 2.45) is 0 Å². The molecule has 0 saturated carbocycles. The molecule has 0 saturated heterocycles. The molecular formula is C14H9Cl2F4N. The molecule has 112 valence electrons. The number of halogens is 6. The second-order valence-corrected chi connectivity index (χ2v) is 5.14. The van der Waals surface area contributed by atoms with Crippen molar-refractivity contribution in [1.29, 1.82) is 0 Å². The number of pyridine rings is 1. The highest BCUT2D eigenvalue weighted by molar-refractivity contribution is 6.33. The van der Waals surface area contributed by atoms with Crippen molar-refractivity contribution >= 4 is 23.2 Å². The molecule has 21 heavy (non-hydrogen) atoms. The van der Waals surface area contributed by atoms with E-state index in [0.29, 0.717) is 18.2 Å². The number of nitrogens with zero attached hydrogens (tertiary/aromatic N) is 1. The van der Waals surface area contributed by atoms with Crippen LogP contribution in [0.5, 0.6) is 0 Å². The zero-order valence-corrected chi connectivity index (χ0v) is 12.2. The molecule has 0 spiro atoms. The molecule has 0 radical (unpaired) electrons. The zero-order chi connectivity index (χ0) is 15.8. The van der Waals surface area contributed by atoms with Gasteiger partial charge >= 0.3 is 6.18 Å². The number of rotatable bonds is 2. The van der Waals surface area contributed by atoms with Gasteiger partial charge in [0, 0.05) is 16.8 Å². The Balaban J connectivity index is 2.58. The molecule has 0 unspecified atom stereocenters. The summed E-state index contributed by atoms with van der Waals surface area (Å²) in [5, 5.41) is -0.0186. The number of aryl methyl sites for hydroxylation is 1. The number of hydrogen-bond donors (Lipinski definition) is 0. The van der Waals surface area contributed by atoms with E-state index in [0.717, 1.165) is 12.1 Å². The summed E-state index contributed by atoms with van der Waals surface area (Å²) in [6.45, 7) is 1.82. The summed E-state index contributed by atoms with van der Waals surface area (Å²) in [6.07, 6.45) is -3.38. The highest BCUT2D eigenvalue weighted by atomic mass is 35.5. The van der Waals surface area contributed by atoms with E-state index >= 15 is 0 Å². The third-order valence-electron chi connectivity index (χ3n) is 2.94. The Kier molecular flexibility index (Phi) is 4.44. The van der Waals surface area contributed by atoms with Gasteiger partial charge in [-0.05, 0) is 30.2 Å². The molecule has 2 aromatic rings. The third kappa shape index (κ3) is 3.30. The van der Waals surface area contributed by atoms with Crippen molar-refractivity contribution in [1.82, 2.24) is 4.98 Å². The topological polar surface area (TPSA) is 12.9 Å². The number of benzene rings is 1. The summed E-state index contributed by atoms with van der Waals surface area (Å²) < 4.78 is 51.6. The lowest BCUT2D eigenvalue weighted by Gasteiger charge is -2.11. The predicted octanol–water partition coefficient (Wildman–Crippen LogP) is 5.78. The second-order valence-electron chi connectivity index (χ2n) is 4.33.